The molecular weight excluding hydrogens is 1290 g/mol. The lowest BCUT2D eigenvalue weighted by Gasteiger charge is -2.21. The van der Waals surface area contributed by atoms with Gasteiger partial charge in [-0.2, -0.15) is 0 Å². The molecule has 0 fully saturated rings. The zero-order chi connectivity index (χ0) is 73.0. The first-order chi connectivity index (χ1) is 47.7. The third kappa shape index (κ3) is 74.1. The van der Waals surface area contributed by atoms with Gasteiger partial charge in [0.05, 0.1) is 26.4 Å². The Morgan fingerprint density at radius 1 is 0.273 bits per heavy atom. The number of ether oxygens (including phenoxy) is 4. The molecule has 0 aromatic heterocycles. The minimum absolute atomic E-state index is 0.105. The molecule has 0 aliphatic carbocycles. The third-order valence-corrected chi connectivity index (χ3v) is 20.5. The molecule has 0 bridgehead atoms. The Bertz CT molecular complexity index is 1920. The first-order valence-corrected chi connectivity index (χ1v) is 44.3. The largest absolute Gasteiger partial charge is 0.472 e. The Balaban J connectivity index is 5.21. The Morgan fingerprint density at radius 2 is 0.465 bits per heavy atom. The summed E-state index contributed by atoms with van der Waals surface area (Å²) in [4.78, 5) is 72.9. The summed E-state index contributed by atoms with van der Waals surface area (Å²) < 4.78 is 68.6. The Morgan fingerprint density at radius 3 is 0.687 bits per heavy atom. The average Bonchev–Trinajstić information content (AvgIpc) is 1.50. The maximum Gasteiger partial charge on any atom is 0.472 e. The number of unbranched alkanes of at least 4 members (excludes halogenated alkanes) is 46. The number of carbonyl (C=O) groups is 4. The van der Waals surface area contributed by atoms with Crippen molar-refractivity contribution in [2.45, 2.75) is 433 Å². The van der Waals surface area contributed by atoms with E-state index in [2.05, 4.69) is 48.5 Å². The van der Waals surface area contributed by atoms with E-state index in [4.69, 9.17) is 37.0 Å². The molecule has 588 valence electrons. The number of aliphatic hydroxyl groups excluding tert-OH is 1. The average molecular weight is 1450 g/mol. The highest BCUT2D eigenvalue weighted by Gasteiger charge is 2.30. The SMILES string of the molecule is CCCCCCCCCCCCCCCCCCCCCCCC(=O)O[C@H](COC(=O)CCCCCCCCCCCCCCCC(C)C)COP(=O)(O)OC[C@@H](O)COP(=O)(O)OC[C@@H](COC(=O)CCCCCCCCC(C)C)OC(=O)CCCCCCCCCCCCC(C)C. The van der Waals surface area contributed by atoms with Crippen LogP contribution in [0.4, 0.5) is 0 Å². The number of hydrogen-bond donors (Lipinski definition) is 3. The lowest BCUT2D eigenvalue weighted by molar-refractivity contribution is -0.161. The Hall–Kier alpha value is -1.94. The van der Waals surface area contributed by atoms with Gasteiger partial charge in [0.1, 0.15) is 19.3 Å². The van der Waals surface area contributed by atoms with Crippen molar-refractivity contribution in [1.29, 1.82) is 0 Å². The monoisotopic (exact) mass is 1450 g/mol. The summed E-state index contributed by atoms with van der Waals surface area (Å²) in [6, 6.07) is 0. The number of rotatable bonds is 78. The highest BCUT2D eigenvalue weighted by atomic mass is 31.2. The second kappa shape index (κ2) is 70.4. The van der Waals surface area contributed by atoms with Gasteiger partial charge in [0.15, 0.2) is 12.2 Å². The molecule has 5 atom stereocenters. The van der Waals surface area contributed by atoms with Crippen molar-refractivity contribution in [3.05, 3.63) is 0 Å². The fourth-order valence-corrected chi connectivity index (χ4v) is 13.9. The van der Waals surface area contributed by atoms with Gasteiger partial charge in [-0.1, -0.05) is 363 Å². The summed E-state index contributed by atoms with van der Waals surface area (Å²) >= 11 is 0. The summed E-state index contributed by atoms with van der Waals surface area (Å²) in [6.45, 7) is 11.8. The summed E-state index contributed by atoms with van der Waals surface area (Å²) in [5.74, 6) is 0.106. The van der Waals surface area contributed by atoms with Crippen LogP contribution in [0, 0.1) is 17.8 Å². The number of aliphatic hydroxyl groups is 1. The van der Waals surface area contributed by atoms with E-state index in [1.165, 1.54) is 218 Å². The van der Waals surface area contributed by atoms with Crippen molar-refractivity contribution < 1.29 is 80.2 Å². The number of phosphoric ester groups is 2. The lowest BCUT2D eigenvalue weighted by atomic mass is 10.0. The van der Waals surface area contributed by atoms with Crippen molar-refractivity contribution in [2.24, 2.45) is 17.8 Å². The minimum atomic E-state index is -4.96. The van der Waals surface area contributed by atoms with Gasteiger partial charge >= 0.3 is 39.5 Å². The van der Waals surface area contributed by atoms with E-state index in [9.17, 15) is 43.2 Å². The maximum atomic E-state index is 13.1. The van der Waals surface area contributed by atoms with Crippen LogP contribution in [0.1, 0.15) is 414 Å². The van der Waals surface area contributed by atoms with E-state index in [0.717, 1.165) is 108 Å². The van der Waals surface area contributed by atoms with Crippen LogP contribution in [-0.4, -0.2) is 96.7 Å². The van der Waals surface area contributed by atoms with Crippen LogP contribution >= 0.6 is 15.6 Å². The van der Waals surface area contributed by atoms with E-state index >= 15 is 0 Å². The summed E-state index contributed by atoms with van der Waals surface area (Å²) in [6.07, 6.45) is 58.6. The van der Waals surface area contributed by atoms with Gasteiger partial charge in [-0.3, -0.25) is 37.3 Å². The van der Waals surface area contributed by atoms with Crippen LogP contribution < -0.4 is 0 Å². The molecule has 19 heteroatoms. The smallest absolute Gasteiger partial charge is 0.462 e. The molecule has 0 saturated carbocycles. The molecule has 0 heterocycles. The zero-order valence-electron chi connectivity index (χ0n) is 65.0. The van der Waals surface area contributed by atoms with Crippen LogP contribution in [-0.2, 0) is 65.4 Å². The normalized spacial score (nSPS) is 14.0. The number of hydrogen-bond acceptors (Lipinski definition) is 15. The molecule has 2 unspecified atom stereocenters. The first kappa shape index (κ1) is 97.1. The molecule has 0 rings (SSSR count). The van der Waals surface area contributed by atoms with Gasteiger partial charge in [0.25, 0.3) is 0 Å². The molecular formula is C80H156O17P2. The predicted molar refractivity (Wildman–Crippen MR) is 405 cm³/mol. The molecule has 0 aromatic carbocycles. The number of phosphoric acid groups is 2. The third-order valence-electron chi connectivity index (χ3n) is 18.6. The van der Waals surface area contributed by atoms with Crippen molar-refractivity contribution in [3.63, 3.8) is 0 Å². The van der Waals surface area contributed by atoms with Crippen LogP contribution in [0.25, 0.3) is 0 Å². The summed E-state index contributed by atoms with van der Waals surface area (Å²) in [5.41, 5.74) is 0. The van der Waals surface area contributed by atoms with Crippen molar-refractivity contribution in [1.82, 2.24) is 0 Å². The number of carbonyl (C=O) groups excluding carboxylic acids is 4. The van der Waals surface area contributed by atoms with E-state index in [-0.39, 0.29) is 25.7 Å². The highest BCUT2D eigenvalue weighted by molar-refractivity contribution is 7.47. The van der Waals surface area contributed by atoms with Gasteiger partial charge < -0.3 is 33.8 Å². The number of esters is 4. The van der Waals surface area contributed by atoms with Gasteiger partial charge in [-0.25, -0.2) is 9.13 Å². The second-order valence-electron chi connectivity index (χ2n) is 30.2. The van der Waals surface area contributed by atoms with Crippen LogP contribution in [0.5, 0.6) is 0 Å². The fraction of sp³-hybridized carbons (Fsp3) is 0.950. The molecule has 0 aromatic rings. The molecule has 0 saturated heterocycles. The molecule has 0 amide bonds. The van der Waals surface area contributed by atoms with E-state index in [1.807, 2.05) is 0 Å². The Kier molecular flexibility index (Phi) is 69.0. The van der Waals surface area contributed by atoms with E-state index < -0.39 is 97.5 Å². The van der Waals surface area contributed by atoms with Crippen molar-refractivity contribution >= 4 is 39.5 Å². The zero-order valence-corrected chi connectivity index (χ0v) is 66.8. The fourth-order valence-electron chi connectivity index (χ4n) is 12.3. The second-order valence-corrected chi connectivity index (χ2v) is 33.1. The molecule has 0 aliphatic heterocycles. The van der Waals surface area contributed by atoms with Crippen LogP contribution in [0.2, 0.25) is 0 Å². The van der Waals surface area contributed by atoms with E-state index in [1.54, 1.807) is 0 Å². The molecule has 0 radical (unpaired) electrons. The quantitative estimate of drug-likeness (QED) is 0.0222. The standard InChI is InChI=1S/C80H156O17P2/c1-8-9-10-11-12-13-14-15-16-17-18-19-20-21-22-25-29-35-40-49-56-63-79(84)96-75(67-90-77(82)61-54-47-39-34-28-26-23-24-27-32-37-44-51-58-71(2)3)69-94-98(86,87)92-65-74(81)66-93-99(88,89)95-70-76(68-91-78(83)62-55-48-43-42-46-53-60-73(6)7)97-80(85)64-57-50-41-36-31-30-33-38-45-52-59-72(4)5/h71-76,81H,8-70H2,1-7H3,(H,86,87)(H,88,89)/t74-,75-,76-/m1/s1. The van der Waals surface area contributed by atoms with E-state index in [0.29, 0.717) is 31.6 Å². The maximum absolute atomic E-state index is 13.1. The predicted octanol–water partition coefficient (Wildman–Crippen LogP) is 23.7. The first-order valence-electron chi connectivity index (χ1n) is 41.3. The van der Waals surface area contributed by atoms with Gasteiger partial charge in [0, 0.05) is 25.7 Å². The summed E-state index contributed by atoms with van der Waals surface area (Å²) in [5, 5.41) is 10.6. The lowest BCUT2D eigenvalue weighted by Crippen LogP contribution is -2.30. The molecule has 0 aliphatic rings. The van der Waals surface area contributed by atoms with Crippen molar-refractivity contribution in [3.8, 4) is 0 Å². The van der Waals surface area contributed by atoms with Gasteiger partial charge in [-0.05, 0) is 43.4 Å². The van der Waals surface area contributed by atoms with Crippen LogP contribution in [0.3, 0.4) is 0 Å². The molecule has 3 N–H and O–H groups in total. The van der Waals surface area contributed by atoms with Gasteiger partial charge in [-0.15, -0.1) is 0 Å². The highest BCUT2D eigenvalue weighted by Crippen LogP contribution is 2.45. The van der Waals surface area contributed by atoms with Gasteiger partial charge in [0.2, 0.25) is 0 Å². The Labute approximate surface area is 607 Å². The topological polar surface area (TPSA) is 237 Å². The van der Waals surface area contributed by atoms with Crippen molar-refractivity contribution in [2.75, 3.05) is 39.6 Å². The molecule has 99 heavy (non-hydrogen) atoms. The van der Waals surface area contributed by atoms with Crippen LogP contribution in [0.15, 0.2) is 0 Å². The minimum Gasteiger partial charge on any atom is -0.462 e. The summed E-state index contributed by atoms with van der Waals surface area (Å²) in [7, 11) is -9.92. The molecule has 0 spiro atoms. The molecule has 17 nitrogen and oxygen atoms in total.